The summed E-state index contributed by atoms with van der Waals surface area (Å²) in [6, 6.07) is 7.10. The molecular formula is C13H18O3. The third kappa shape index (κ3) is 2.25. The second-order valence-electron chi connectivity index (χ2n) is 4.30. The maximum atomic E-state index is 11.0. The summed E-state index contributed by atoms with van der Waals surface area (Å²) in [5.74, 6) is -0.805. The summed E-state index contributed by atoms with van der Waals surface area (Å²) in [5, 5.41) is 19.0. The van der Waals surface area contributed by atoms with Gasteiger partial charge in [0.2, 0.25) is 0 Å². The van der Waals surface area contributed by atoms with E-state index in [9.17, 15) is 9.90 Å². The van der Waals surface area contributed by atoms with Gasteiger partial charge in [-0.25, -0.2) is 4.79 Å². The number of hydrogen-bond donors (Lipinski definition) is 2. The van der Waals surface area contributed by atoms with E-state index < -0.39 is 11.6 Å². The van der Waals surface area contributed by atoms with Crippen LogP contribution in [-0.4, -0.2) is 16.2 Å². The van der Waals surface area contributed by atoms with E-state index in [0.717, 1.165) is 5.56 Å². The van der Waals surface area contributed by atoms with E-state index in [0.29, 0.717) is 11.5 Å². The molecule has 0 aliphatic heterocycles. The van der Waals surface area contributed by atoms with Crippen molar-refractivity contribution in [2.24, 2.45) is 0 Å². The highest BCUT2D eigenvalue weighted by Gasteiger charge is 2.35. The first-order chi connectivity index (χ1) is 7.41. The standard InChI is InChI=1S/C13H18O3/c1-4-13(16,12(14)15)11-7-5-10(6-8-11)9(2)3/h5-9,16H,4H2,1-3H3,(H,14,15). The molecule has 0 spiro atoms. The normalized spacial score (nSPS) is 14.8. The Morgan fingerprint density at radius 1 is 1.31 bits per heavy atom. The lowest BCUT2D eigenvalue weighted by atomic mass is 9.89. The summed E-state index contributed by atoms with van der Waals surface area (Å²) in [5.41, 5.74) is -0.199. The van der Waals surface area contributed by atoms with E-state index in [2.05, 4.69) is 13.8 Å². The van der Waals surface area contributed by atoms with Crippen LogP contribution in [0.3, 0.4) is 0 Å². The Hall–Kier alpha value is -1.35. The van der Waals surface area contributed by atoms with Gasteiger partial charge < -0.3 is 10.2 Å². The topological polar surface area (TPSA) is 57.5 Å². The van der Waals surface area contributed by atoms with Crippen LogP contribution in [0.4, 0.5) is 0 Å². The molecule has 0 heterocycles. The van der Waals surface area contributed by atoms with Gasteiger partial charge in [-0.05, 0) is 23.5 Å². The Balaban J connectivity index is 3.09. The number of carbonyl (C=O) groups is 1. The van der Waals surface area contributed by atoms with Crippen molar-refractivity contribution in [2.45, 2.75) is 38.7 Å². The Morgan fingerprint density at radius 3 is 2.12 bits per heavy atom. The zero-order valence-electron chi connectivity index (χ0n) is 9.90. The summed E-state index contributed by atoms with van der Waals surface area (Å²) in [4.78, 5) is 11.0. The molecule has 3 nitrogen and oxygen atoms in total. The van der Waals surface area contributed by atoms with Crippen molar-refractivity contribution in [1.29, 1.82) is 0 Å². The molecule has 1 aromatic carbocycles. The van der Waals surface area contributed by atoms with Crippen LogP contribution in [0.1, 0.15) is 44.2 Å². The molecule has 0 aliphatic carbocycles. The first kappa shape index (κ1) is 12.7. The van der Waals surface area contributed by atoms with Gasteiger partial charge in [-0.1, -0.05) is 45.0 Å². The second kappa shape index (κ2) is 4.66. The van der Waals surface area contributed by atoms with Crippen LogP contribution in [0.15, 0.2) is 24.3 Å². The lowest BCUT2D eigenvalue weighted by Gasteiger charge is -2.22. The Morgan fingerprint density at radius 2 is 1.81 bits per heavy atom. The zero-order chi connectivity index (χ0) is 12.3. The fourth-order valence-corrected chi connectivity index (χ4v) is 1.62. The molecule has 0 aliphatic rings. The molecule has 1 unspecified atom stereocenters. The molecule has 16 heavy (non-hydrogen) atoms. The molecular weight excluding hydrogens is 204 g/mol. The Bertz CT molecular complexity index is 367. The molecule has 88 valence electrons. The van der Waals surface area contributed by atoms with Crippen molar-refractivity contribution in [3.8, 4) is 0 Å². The molecule has 3 heteroatoms. The van der Waals surface area contributed by atoms with Crippen molar-refractivity contribution >= 4 is 5.97 Å². The van der Waals surface area contributed by atoms with Crippen LogP contribution in [-0.2, 0) is 10.4 Å². The molecule has 1 atom stereocenters. The van der Waals surface area contributed by atoms with Crippen LogP contribution >= 0.6 is 0 Å². The van der Waals surface area contributed by atoms with Crippen LogP contribution < -0.4 is 0 Å². The number of aliphatic carboxylic acids is 1. The molecule has 0 aromatic heterocycles. The number of aliphatic hydroxyl groups is 1. The van der Waals surface area contributed by atoms with Gasteiger partial charge in [-0.15, -0.1) is 0 Å². The molecule has 1 rings (SSSR count). The van der Waals surface area contributed by atoms with E-state index in [1.165, 1.54) is 0 Å². The first-order valence-corrected chi connectivity index (χ1v) is 5.48. The maximum absolute atomic E-state index is 11.0. The molecule has 1 aromatic rings. The van der Waals surface area contributed by atoms with Crippen LogP contribution in [0.25, 0.3) is 0 Å². The van der Waals surface area contributed by atoms with E-state index in [4.69, 9.17) is 5.11 Å². The van der Waals surface area contributed by atoms with E-state index in [1.54, 1.807) is 19.1 Å². The SMILES string of the molecule is CCC(O)(C(=O)O)c1ccc(C(C)C)cc1. The van der Waals surface area contributed by atoms with Crippen molar-refractivity contribution in [3.05, 3.63) is 35.4 Å². The summed E-state index contributed by atoms with van der Waals surface area (Å²) >= 11 is 0. The molecule has 0 radical (unpaired) electrons. The highest BCUT2D eigenvalue weighted by Crippen LogP contribution is 2.26. The minimum Gasteiger partial charge on any atom is -0.479 e. The summed E-state index contributed by atoms with van der Waals surface area (Å²) in [6.45, 7) is 5.79. The van der Waals surface area contributed by atoms with Crippen LogP contribution in [0.2, 0.25) is 0 Å². The number of carboxylic acids is 1. The third-order valence-corrected chi connectivity index (χ3v) is 2.92. The monoisotopic (exact) mass is 222 g/mol. The highest BCUT2D eigenvalue weighted by atomic mass is 16.4. The van der Waals surface area contributed by atoms with Gasteiger partial charge >= 0.3 is 5.97 Å². The maximum Gasteiger partial charge on any atom is 0.340 e. The number of carboxylic acid groups (broad SMARTS) is 1. The number of benzene rings is 1. The van der Waals surface area contributed by atoms with Gasteiger partial charge in [0.05, 0.1) is 0 Å². The van der Waals surface area contributed by atoms with Gasteiger partial charge in [0, 0.05) is 0 Å². The van der Waals surface area contributed by atoms with Crippen molar-refractivity contribution in [3.63, 3.8) is 0 Å². The van der Waals surface area contributed by atoms with Crippen molar-refractivity contribution in [1.82, 2.24) is 0 Å². The first-order valence-electron chi connectivity index (χ1n) is 5.48. The second-order valence-corrected chi connectivity index (χ2v) is 4.30. The fourth-order valence-electron chi connectivity index (χ4n) is 1.62. The fraction of sp³-hybridized carbons (Fsp3) is 0.462. The average Bonchev–Trinajstić information content (AvgIpc) is 2.27. The molecule has 0 saturated heterocycles. The predicted octanol–water partition coefficient (Wildman–Crippen LogP) is 2.49. The molecule has 2 N–H and O–H groups in total. The molecule has 0 saturated carbocycles. The van der Waals surface area contributed by atoms with Gasteiger partial charge in [0.15, 0.2) is 5.60 Å². The van der Waals surface area contributed by atoms with Crippen LogP contribution in [0.5, 0.6) is 0 Å². The van der Waals surface area contributed by atoms with Gasteiger partial charge in [0.25, 0.3) is 0 Å². The smallest absolute Gasteiger partial charge is 0.340 e. The lowest BCUT2D eigenvalue weighted by molar-refractivity contribution is -0.160. The predicted molar refractivity (Wildman–Crippen MR) is 62.4 cm³/mol. The van der Waals surface area contributed by atoms with E-state index >= 15 is 0 Å². The van der Waals surface area contributed by atoms with Crippen molar-refractivity contribution in [2.75, 3.05) is 0 Å². The largest absolute Gasteiger partial charge is 0.479 e. The third-order valence-electron chi connectivity index (χ3n) is 2.92. The summed E-state index contributed by atoms with van der Waals surface area (Å²) in [7, 11) is 0. The van der Waals surface area contributed by atoms with Gasteiger partial charge in [-0.2, -0.15) is 0 Å². The number of rotatable bonds is 4. The van der Waals surface area contributed by atoms with Gasteiger partial charge in [0.1, 0.15) is 0 Å². The summed E-state index contributed by atoms with van der Waals surface area (Å²) in [6.07, 6.45) is 0.156. The van der Waals surface area contributed by atoms with E-state index in [1.807, 2.05) is 12.1 Å². The quantitative estimate of drug-likeness (QED) is 0.822. The molecule has 0 amide bonds. The summed E-state index contributed by atoms with van der Waals surface area (Å²) < 4.78 is 0. The van der Waals surface area contributed by atoms with Crippen LogP contribution in [0, 0.1) is 0 Å². The van der Waals surface area contributed by atoms with Gasteiger partial charge in [-0.3, -0.25) is 0 Å². The lowest BCUT2D eigenvalue weighted by Crippen LogP contribution is -2.34. The van der Waals surface area contributed by atoms with E-state index in [-0.39, 0.29) is 6.42 Å². The van der Waals surface area contributed by atoms with Crippen molar-refractivity contribution < 1.29 is 15.0 Å². The minimum atomic E-state index is -1.77. The minimum absolute atomic E-state index is 0.156. The highest BCUT2D eigenvalue weighted by molar-refractivity contribution is 5.79. The average molecular weight is 222 g/mol. The molecule has 0 fully saturated rings. The number of hydrogen-bond acceptors (Lipinski definition) is 2. The Kier molecular flexibility index (Phi) is 3.70. The zero-order valence-corrected chi connectivity index (χ0v) is 9.90. The molecule has 0 bridgehead atoms. The Labute approximate surface area is 95.7 Å².